The SMILES string of the molecule is C=Cc1ccc(C(F)(F)F)c(C(=O)N2CCC(OC)CC2)c1. The Hall–Kier alpha value is -1.82. The van der Waals surface area contributed by atoms with Gasteiger partial charge in [-0.25, -0.2) is 0 Å². The molecule has 0 atom stereocenters. The second-order valence-electron chi connectivity index (χ2n) is 5.23. The molecule has 1 aliphatic rings. The summed E-state index contributed by atoms with van der Waals surface area (Å²) in [6.45, 7) is 4.33. The number of alkyl halides is 3. The van der Waals surface area contributed by atoms with E-state index in [2.05, 4.69) is 6.58 Å². The van der Waals surface area contributed by atoms with Gasteiger partial charge in [-0.2, -0.15) is 13.2 Å². The molecule has 0 aliphatic carbocycles. The van der Waals surface area contributed by atoms with Gasteiger partial charge in [0.15, 0.2) is 0 Å². The van der Waals surface area contributed by atoms with E-state index in [-0.39, 0.29) is 11.7 Å². The van der Waals surface area contributed by atoms with Crippen molar-refractivity contribution in [3.05, 3.63) is 41.5 Å². The molecule has 22 heavy (non-hydrogen) atoms. The zero-order valence-corrected chi connectivity index (χ0v) is 12.3. The van der Waals surface area contributed by atoms with Crippen molar-refractivity contribution in [3.8, 4) is 0 Å². The molecule has 0 N–H and O–H groups in total. The fourth-order valence-electron chi connectivity index (χ4n) is 2.58. The van der Waals surface area contributed by atoms with Gasteiger partial charge in [0.2, 0.25) is 0 Å². The molecular weight excluding hydrogens is 295 g/mol. The summed E-state index contributed by atoms with van der Waals surface area (Å²) in [5, 5.41) is 0. The largest absolute Gasteiger partial charge is 0.417 e. The number of nitrogens with zero attached hydrogens (tertiary/aromatic N) is 1. The highest BCUT2D eigenvalue weighted by atomic mass is 19.4. The molecule has 1 aromatic carbocycles. The van der Waals surface area contributed by atoms with Crippen LogP contribution in [0, 0.1) is 0 Å². The van der Waals surface area contributed by atoms with Gasteiger partial charge in [-0.1, -0.05) is 18.7 Å². The molecule has 0 radical (unpaired) electrons. The third-order valence-electron chi connectivity index (χ3n) is 3.88. The van der Waals surface area contributed by atoms with Gasteiger partial charge < -0.3 is 9.64 Å². The number of benzene rings is 1. The summed E-state index contributed by atoms with van der Waals surface area (Å²) in [6, 6.07) is 3.50. The Morgan fingerprint density at radius 1 is 1.36 bits per heavy atom. The lowest BCUT2D eigenvalue weighted by molar-refractivity contribution is -0.138. The maximum absolute atomic E-state index is 13.1. The molecule has 6 heteroatoms. The fraction of sp³-hybridized carbons (Fsp3) is 0.438. The van der Waals surface area contributed by atoms with E-state index in [1.807, 2.05) is 0 Å². The van der Waals surface area contributed by atoms with E-state index < -0.39 is 17.6 Å². The van der Waals surface area contributed by atoms with Gasteiger partial charge in [0.1, 0.15) is 0 Å². The fourth-order valence-corrected chi connectivity index (χ4v) is 2.58. The highest BCUT2D eigenvalue weighted by molar-refractivity contribution is 5.96. The molecule has 1 saturated heterocycles. The van der Waals surface area contributed by atoms with Crippen LogP contribution in [0.5, 0.6) is 0 Å². The Bertz CT molecular complexity index is 561. The third-order valence-corrected chi connectivity index (χ3v) is 3.88. The smallest absolute Gasteiger partial charge is 0.381 e. The maximum atomic E-state index is 13.1. The molecule has 1 aliphatic heterocycles. The molecule has 1 aromatic rings. The molecule has 0 bridgehead atoms. The predicted octanol–water partition coefficient (Wildman–Crippen LogP) is 3.60. The average molecular weight is 313 g/mol. The van der Waals surface area contributed by atoms with Crippen LogP contribution in [0.25, 0.3) is 6.08 Å². The Morgan fingerprint density at radius 3 is 2.50 bits per heavy atom. The zero-order chi connectivity index (χ0) is 16.3. The lowest BCUT2D eigenvalue weighted by atomic mass is 10.0. The van der Waals surface area contributed by atoms with Crippen LogP contribution in [-0.4, -0.2) is 37.1 Å². The first-order valence-electron chi connectivity index (χ1n) is 7.02. The van der Waals surface area contributed by atoms with Crippen molar-refractivity contribution >= 4 is 12.0 Å². The minimum atomic E-state index is -4.56. The van der Waals surface area contributed by atoms with Gasteiger partial charge in [0.25, 0.3) is 5.91 Å². The molecule has 0 aromatic heterocycles. The number of hydrogen-bond donors (Lipinski definition) is 0. The second kappa shape index (κ2) is 6.52. The van der Waals surface area contributed by atoms with Gasteiger partial charge in [-0.3, -0.25) is 4.79 Å². The van der Waals surface area contributed by atoms with Gasteiger partial charge in [-0.05, 0) is 30.5 Å². The standard InChI is InChI=1S/C16H18F3NO2/c1-3-11-4-5-14(16(17,18)19)13(10-11)15(21)20-8-6-12(22-2)7-9-20/h3-5,10,12H,1,6-9H2,2H3. The van der Waals surface area contributed by atoms with Gasteiger partial charge >= 0.3 is 6.18 Å². The van der Waals surface area contributed by atoms with Crippen molar-refractivity contribution in [1.82, 2.24) is 4.90 Å². The van der Waals surface area contributed by atoms with E-state index >= 15 is 0 Å². The topological polar surface area (TPSA) is 29.5 Å². The highest BCUT2D eigenvalue weighted by Gasteiger charge is 2.36. The number of piperidine rings is 1. The van der Waals surface area contributed by atoms with Crippen LogP contribution in [0.4, 0.5) is 13.2 Å². The quantitative estimate of drug-likeness (QED) is 0.853. The molecule has 0 saturated carbocycles. The summed E-state index contributed by atoms with van der Waals surface area (Å²) < 4.78 is 44.5. The van der Waals surface area contributed by atoms with Crippen LogP contribution < -0.4 is 0 Å². The summed E-state index contributed by atoms with van der Waals surface area (Å²) in [5.41, 5.74) is -0.735. The van der Waals surface area contributed by atoms with E-state index in [1.54, 1.807) is 7.11 Å². The lowest BCUT2D eigenvalue weighted by Gasteiger charge is -2.32. The summed E-state index contributed by atoms with van der Waals surface area (Å²) in [4.78, 5) is 13.9. The Kier molecular flexibility index (Phi) is 4.90. The van der Waals surface area contributed by atoms with Crippen molar-refractivity contribution in [3.63, 3.8) is 0 Å². The molecule has 120 valence electrons. The van der Waals surface area contributed by atoms with Crippen LogP contribution >= 0.6 is 0 Å². The van der Waals surface area contributed by atoms with E-state index in [0.717, 1.165) is 6.07 Å². The van der Waals surface area contributed by atoms with Crippen LogP contribution in [-0.2, 0) is 10.9 Å². The van der Waals surface area contributed by atoms with Crippen LogP contribution in [0.3, 0.4) is 0 Å². The molecule has 1 heterocycles. The van der Waals surface area contributed by atoms with E-state index in [0.29, 0.717) is 31.5 Å². The first-order valence-corrected chi connectivity index (χ1v) is 7.02. The number of ether oxygens (including phenoxy) is 1. The molecule has 1 amide bonds. The molecule has 0 unspecified atom stereocenters. The number of likely N-dealkylation sites (tertiary alicyclic amines) is 1. The first-order chi connectivity index (χ1) is 10.4. The van der Waals surface area contributed by atoms with Gasteiger partial charge in [0, 0.05) is 20.2 Å². The number of amides is 1. The molecular formula is C16H18F3NO2. The lowest BCUT2D eigenvalue weighted by Crippen LogP contribution is -2.41. The number of halogens is 3. The Labute approximate surface area is 127 Å². The summed E-state index contributed by atoms with van der Waals surface area (Å²) in [6.07, 6.45) is -1.82. The average Bonchev–Trinajstić information content (AvgIpc) is 2.52. The number of hydrogen-bond acceptors (Lipinski definition) is 2. The van der Waals surface area contributed by atoms with E-state index in [4.69, 9.17) is 4.74 Å². The van der Waals surface area contributed by atoms with Crippen LogP contribution in [0.1, 0.15) is 34.3 Å². The van der Waals surface area contributed by atoms with Crippen LogP contribution in [0.15, 0.2) is 24.8 Å². The van der Waals surface area contributed by atoms with Crippen LogP contribution in [0.2, 0.25) is 0 Å². The Morgan fingerprint density at radius 2 is 2.00 bits per heavy atom. The van der Waals surface area contributed by atoms with Crippen molar-refractivity contribution in [2.24, 2.45) is 0 Å². The minimum absolute atomic E-state index is 0.0608. The van der Waals surface area contributed by atoms with Crippen molar-refractivity contribution < 1.29 is 22.7 Å². The monoisotopic (exact) mass is 313 g/mol. The molecule has 0 spiro atoms. The number of carbonyl (C=O) groups is 1. The van der Waals surface area contributed by atoms with E-state index in [1.165, 1.54) is 23.1 Å². The number of carbonyl (C=O) groups excluding carboxylic acids is 1. The summed E-state index contributed by atoms with van der Waals surface area (Å²) in [7, 11) is 1.59. The molecule has 2 rings (SSSR count). The van der Waals surface area contributed by atoms with Crippen molar-refractivity contribution in [1.29, 1.82) is 0 Å². The highest BCUT2D eigenvalue weighted by Crippen LogP contribution is 2.33. The third kappa shape index (κ3) is 3.50. The van der Waals surface area contributed by atoms with Crippen molar-refractivity contribution in [2.45, 2.75) is 25.1 Å². The summed E-state index contributed by atoms with van der Waals surface area (Å²) >= 11 is 0. The van der Waals surface area contributed by atoms with Crippen molar-refractivity contribution in [2.75, 3.05) is 20.2 Å². The second-order valence-corrected chi connectivity index (χ2v) is 5.23. The summed E-state index contributed by atoms with van der Waals surface area (Å²) in [5.74, 6) is -0.592. The number of methoxy groups -OCH3 is 1. The zero-order valence-electron chi connectivity index (χ0n) is 12.3. The molecule has 3 nitrogen and oxygen atoms in total. The normalized spacial score (nSPS) is 16.6. The Balaban J connectivity index is 2.30. The molecule has 1 fully saturated rings. The minimum Gasteiger partial charge on any atom is -0.381 e. The first kappa shape index (κ1) is 16.5. The van der Waals surface area contributed by atoms with Gasteiger partial charge in [0.05, 0.1) is 17.2 Å². The number of rotatable bonds is 3. The predicted molar refractivity (Wildman–Crippen MR) is 77.5 cm³/mol. The van der Waals surface area contributed by atoms with Gasteiger partial charge in [-0.15, -0.1) is 0 Å². The maximum Gasteiger partial charge on any atom is 0.417 e. The van der Waals surface area contributed by atoms with E-state index in [9.17, 15) is 18.0 Å².